The molecular weight excluding hydrogens is 284 g/mol. The molecule has 2 heterocycles. The van der Waals surface area contributed by atoms with Gasteiger partial charge in [0.05, 0.1) is 8.42 Å². The Labute approximate surface area is 119 Å². The van der Waals surface area contributed by atoms with Gasteiger partial charge in [-0.1, -0.05) is 0 Å². The quantitative estimate of drug-likeness (QED) is 0.416. The van der Waals surface area contributed by atoms with Gasteiger partial charge in [0.1, 0.15) is 0 Å². The lowest BCUT2D eigenvalue weighted by Crippen LogP contribution is -1.71. The Morgan fingerprint density at radius 2 is 1.76 bits per heavy atom. The van der Waals surface area contributed by atoms with E-state index < -0.39 is 0 Å². The topological polar surface area (TPSA) is 0 Å². The molecule has 2 rings (SSSR count). The Hall–Kier alpha value is -0.340. The lowest BCUT2D eigenvalue weighted by Gasteiger charge is -1.92. The number of rotatable bonds is 5. The summed E-state index contributed by atoms with van der Waals surface area (Å²) >= 11 is 7.37. The third-order valence-corrected chi connectivity index (χ3v) is 6.77. The average Bonchev–Trinajstić information content (AvgIpc) is 2.97. The van der Waals surface area contributed by atoms with Crippen LogP contribution in [-0.4, -0.2) is 12.0 Å². The van der Waals surface area contributed by atoms with E-state index in [-0.39, 0.29) is 0 Å². The van der Waals surface area contributed by atoms with Crippen LogP contribution in [0.2, 0.25) is 0 Å². The van der Waals surface area contributed by atoms with E-state index in [2.05, 4.69) is 36.4 Å². The summed E-state index contributed by atoms with van der Waals surface area (Å²) in [5, 5.41) is 0. The molecule has 0 saturated carbocycles. The summed E-state index contributed by atoms with van der Waals surface area (Å²) in [7, 11) is 0. The first-order valence-electron chi connectivity index (χ1n) is 5.14. The van der Waals surface area contributed by atoms with Gasteiger partial charge in [-0.2, -0.15) is 0 Å². The molecular formula is C13H12S4. The summed E-state index contributed by atoms with van der Waals surface area (Å²) in [6.07, 6.45) is 8.20. The lowest BCUT2D eigenvalue weighted by molar-refractivity contribution is 1.30. The summed E-state index contributed by atoms with van der Waals surface area (Å²) in [6.45, 7) is 0. The maximum Gasteiger partial charge on any atom is 0.0605 e. The summed E-state index contributed by atoms with van der Waals surface area (Å²) in [4.78, 5) is 2.72. The van der Waals surface area contributed by atoms with Crippen molar-refractivity contribution in [2.24, 2.45) is 0 Å². The zero-order valence-electron chi connectivity index (χ0n) is 9.43. The van der Waals surface area contributed by atoms with Crippen molar-refractivity contribution in [1.29, 1.82) is 0 Å². The molecule has 0 N–H and O–H groups in total. The Morgan fingerprint density at radius 1 is 1.12 bits per heavy atom. The molecule has 0 aromatic carbocycles. The van der Waals surface area contributed by atoms with Crippen LogP contribution in [0.4, 0.5) is 0 Å². The normalized spacial score (nSPS) is 10.4. The van der Waals surface area contributed by atoms with Gasteiger partial charge in [0.25, 0.3) is 0 Å². The average molecular weight is 297 g/mol. The van der Waals surface area contributed by atoms with E-state index in [1.807, 2.05) is 34.4 Å². The van der Waals surface area contributed by atoms with E-state index in [0.29, 0.717) is 0 Å². The molecule has 0 aliphatic rings. The first-order valence-corrected chi connectivity index (χ1v) is 8.98. The molecule has 2 aromatic rings. The van der Waals surface area contributed by atoms with Crippen molar-refractivity contribution < 1.29 is 0 Å². The van der Waals surface area contributed by atoms with Crippen LogP contribution in [0.1, 0.15) is 6.42 Å². The second-order valence-electron chi connectivity index (χ2n) is 3.24. The monoisotopic (exact) mass is 296 g/mol. The van der Waals surface area contributed by atoms with E-state index in [1.54, 1.807) is 11.8 Å². The van der Waals surface area contributed by atoms with Crippen molar-refractivity contribution in [1.82, 2.24) is 0 Å². The second-order valence-corrected chi connectivity index (χ2v) is 7.91. The number of thiophene rings is 2. The smallest absolute Gasteiger partial charge is 0.0605 e. The molecule has 0 bridgehead atoms. The van der Waals surface area contributed by atoms with Crippen LogP contribution in [0.3, 0.4) is 0 Å². The minimum atomic E-state index is 0.841. The van der Waals surface area contributed by atoms with Gasteiger partial charge in [-0.25, -0.2) is 0 Å². The van der Waals surface area contributed by atoms with E-state index >= 15 is 0 Å². The number of thioether (sulfide) groups is 2. The number of hydrogen-bond acceptors (Lipinski definition) is 4. The highest BCUT2D eigenvalue weighted by molar-refractivity contribution is 8.01. The molecule has 0 unspecified atom stereocenters. The van der Waals surface area contributed by atoms with Crippen LogP contribution in [0.25, 0.3) is 9.75 Å². The molecule has 0 aliphatic heterocycles. The zero-order chi connectivity index (χ0) is 12.1. The van der Waals surface area contributed by atoms with Crippen LogP contribution >= 0.6 is 46.2 Å². The van der Waals surface area contributed by atoms with Gasteiger partial charge in [0.15, 0.2) is 0 Å². The standard InChI is InChI=1S/C13H12S4/c1-3-4-9-15-13-8-6-11(17-13)10-5-7-12(14-2)16-10/h1,5-8H,4,9H2,2H3. The summed E-state index contributed by atoms with van der Waals surface area (Å²) in [5.41, 5.74) is 0. The van der Waals surface area contributed by atoms with Crippen molar-refractivity contribution in [3.05, 3.63) is 24.3 Å². The molecule has 4 heteroatoms. The molecule has 0 spiro atoms. The number of hydrogen-bond donors (Lipinski definition) is 0. The minimum Gasteiger partial charge on any atom is -0.128 e. The minimum absolute atomic E-state index is 0.841. The lowest BCUT2D eigenvalue weighted by atomic mass is 10.4. The van der Waals surface area contributed by atoms with Crippen molar-refractivity contribution >= 4 is 46.2 Å². The van der Waals surface area contributed by atoms with Crippen molar-refractivity contribution in [2.75, 3.05) is 12.0 Å². The molecule has 88 valence electrons. The van der Waals surface area contributed by atoms with Crippen LogP contribution in [0.15, 0.2) is 32.7 Å². The van der Waals surface area contributed by atoms with Crippen LogP contribution < -0.4 is 0 Å². The van der Waals surface area contributed by atoms with E-state index in [0.717, 1.165) is 12.2 Å². The molecule has 2 aromatic heterocycles. The van der Waals surface area contributed by atoms with E-state index in [1.165, 1.54) is 18.2 Å². The molecule has 0 fully saturated rings. The van der Waals surface area contributed by atoms with Crippen LogP contribution in [0.5, 0.6) is 0 Å². The first-order chi connectivity index (χ1) is 8.33. The Kier molecular flexibility index (Phi) is 5.05. The molecule has 0 aliphatic carbocycles. The Morgan fingerprint density at radius 3 is 2.35 bits per heavy atom. The van der Waals surface area contributed by atoms with Gasteiger partial charge in [-0.05, 0) is 30.5 Å². The SMILES string of the molecule is C#CCCSc1ccc(-c2ccc(SC)s2)s1. The van der Waals surface area contributed by atoms with Crippen molar-refractivity contribution in [3.63, 3.8) is 0 Å². The fraction of sp³-hybridized carbons (Fsp3) is 0.231. The Bertz CT molecular complexity index is 516. The maximum absolute atomic E-state index is 5.25. The van der Waals surface area contributed by atoms with Crippen molar-refractivity contribution in [3.8, 4) is 22.1 Å². The first kappa shape index (κ1) is 13.1. The molecule has 17 heavy (non-hydrogen) atoms. The second kappa shape index (κ2) is 6.55. The molecule has 0 nitrogen and oxygen atoms in total. The molecule has 0 radical (unpaired) electrons. The summed E-state index contributed by atoms with van der Waals surface area (Å²) in [5.74, 6) is 3.68. The van der Waals surface area contributed by atoms with Crippen LogP contribution in [-0.2, 0) is 0 Å². The summed E-state index contributed by atoms with van der Waals surface area (Å²) in [6, 6.07) is 8.80. The van der Waals surface area contributed by atoms with Gasteiger partial charge in [-0.3, -0.25) is 0 Å². The largest absolute Gasteiger partial charge is 0.128 e. The van der Waals surface area contributed by atoms with E-state index in [4.69, 9.17) is 6.42 Å². The van der Waals surface area contributed by atoms with Crippen molar-refractivity contribution in [2.45, 2.75) is 14.8 Å². The van der Waals surface area contributed by atoms with Gasteiger partial charge in [0, 0.05) is 21.9 Å². The van der Waals surface area contributed by atoms with E-state index in [9.17, 15) is 0 Å². The molecule has 0 saturated heterocycles. The van der Waals surface area contributed by atoms with Gasteiger partial charge >= 0.3 is 0 Å². The fourth-order valence-corrected chi connectivity index (χ4v) is 5.02. The maximum atomic E-state index is 5.25. The predicted octanol–water partition coefficient (Wildman–Crippen LogP) is 5.31. The molecule has 0 amide bonds. The highest BCUT2D eigenvalue weighted by atomic mass is 32.2. The van der Waals surface area contributed by atoms with Crippen LogP contribution in [0, 0.1) is 12.3 Å². The van der Waals surface area contributed by atoms with Gasteiger partial charge in [0.2, 0.25) is 0 Å². The highest BCUT2D eigenvalue weighted by Crippen LogP contribution is 2.39. The highest BCUT2D eigenvalue weighted by Gasteiger charge is 2.06. The van der Waals surface area contributed by atoms with Gasteiger partial charge < -0.3 is 0 Å². The third kappa shape index (κ3) is 3.56. The fourth-order valence-electron chi connectivity index (χ4n) is 1.30. The third-order valence-electron chi connectivity index (χ3n) is 2.10. The molecule has 0 atom stereocenters. The predicted molar refractivity (Wildman–Crippen MR) is 83.6 cm³/mol. The zero-order valence-corrected chi connectivity index (χ0v) is 12.7. The number of terminal acetylenes is 1. The Balaban J connectivity index is 2.05. The van der Waals surface area contributed by atoms with Gasteiger partial charge in [-0.15, -0.1) is 58.5 Å². The summed E-state index contributed by atoms with van der Waals surface area (Å²) < 4.78 is 2.73.